The van der Waals surface area contributed by atoms with Gasteiger partial charge in [0, 0.05) is 32.1 Å². The number of fused-ring (bicyclic) bond motifs is 1. The Kier molecular flexibility index (Phi) is 5.97. The second-order valence-electron chi connectivity index (χ2n) is 8.05. The highest BCUT2D eigenvalue weighted by atomic mass is 19.4. The average molecular weight is 457 g/mol. The molecule has 10 heteroatoms. The number of carbonyl (C=O) groups is 1. The summed E-state index contributed by atoms with van der Waals surface area (Å²) in [6, 6.07) is 7.54. The molecule has 4 rings (SSSR count). The van der Waals surface area contributed by atoms with Crippen molar-refractivity contribution in [2.75, 3.05) is 13.2 Å². The third-order valence-electron chi connectivity index (χ3n) is 5.59. The summed E-state index contributed by atoms with van der Waals surface area (Å²) in [5, 5.41) is 9.39. The van der Waals surface area contributed by atoms with Gasteiger partial charge >= 0.3 is 6.18 Å². The molecule has 1 aromatic carbocycles. The van der Waals surface area contributed by atoms with Crippen LogP contribution in [-0.4, -0.2) is 44.5 Å². The van der Waals surface area contributed by atoms with Gasteiger partial charge in [0.1, 0.15) is 17.3 Å². The number of alkyl halides is 3. The molecule has 0 bridgehead atoms. The van der Waals surface area contributed by atoms with E-state index in [1.54, 1.807) is 22.6 Å². The van der Waals surface area contributed by atoms with E-state index >= 15 is 0 Å². The predicted molar refractivity (Wildman–Crippen MR) is 114 cm³/mol. The van der Waals surface area contributed by atoms with Gasteiger partial charge in [-0.25, -0.2) is 9.97 Å². The molecule has 33 heavy (non-hydrogen) atoms. The highest BCUT2D eigenvalue weighted by Crippen LogP contribution is 2.39. The number of halogens is 3. The lowest BCUT2D eigenvalue weighted by molar-refractivity contribution is -0.138. The Balaban J connectivity index is 1.57. The van der Waals surface area contributed by atoms with E-state index in [-0.39, 0.29) is 41.3 Å². The van der Waals surface area contributed by atoms with Gasteiger partial charge < -0.3 is 14.2 Å². The van der Waals surface area contributed by atoms with Gasteiger partial charge in [-0.3, -0.25) is 4.79 Å². The first-order valence-corrected chi connectivity index (χ1v) is 10.5. The lowest BCUT2D eigenvalue weighted by Gasteiger charge is -2.21. The molecule has 0 aliphatic heterocycles. The Hall–Kier alpha value is -3.61. The van der Waals surface area contributed by atoms with Gasteiger partial charge in [0.15, 0.2) is 5.69 Å². The molecule has 3 aromatic rings. The summed E-state index contributed by atoms with van der Waals surface area (Å²) in [5.41, 5.74) is 0.562. The highest BCUT2D eigenvalue weighted by Gasteiger charge is 2.35. The summed E-state index contributed by atoms with van der Waals surface area (Å²) in [6.07, 6.45) is -0.761. The fourth-order valence-electron chi connectivity index (χ4n) is 3.79. The maximum absolute atomic E-state index is 13.8. The number of aromatic nitrogens is 3. The van der Waals surface area contributed by atoms with Gasteiger partial charge in [-0.15, -0.1) is 0 Å². The van der Waals surface area contributed by atoms with E-state index in [0.29, 0.717) is 24.0 Å². The van der Waals surface area contributed by atoms with Gasteiger partial charge in [0.25, 0.3) is 0 Å². The lowest BCUT2D eigenvalue weighted by atomic mass is 10.1. The number of hydrogen-bond acceptors (Lipinski definition) is 5. The number of pyridine rings is 1. The molecule has 172 valence electrons. The van der Waals surface area contributed by atoms with Crippen LogP contribution in [0, 0.1) is 11.3 Å². The third-order valence-corrected chi connectivity index (χ3v) is 5.59. The number of nitriles is 1. The van der Waals surface area contributed by atoms with Crippen molar-refractivity contribution in [1.82, 2.24) is 19.4 Å². The third kappa shape index (κ3) is 4.77. The fraction of sp³-hybridized carbons (Fsp3) is 0.391. The highest BCUT2D eigenvalue weighted by molar-refractivity contribution is 5.84. The minimum atomic E-state index is -4.64. The molecular weight excluding hydrogens is 435 g/mol. The maximum atomic E-state index is 13.8. The SMILES string of the molecule is CC(=O)N(CCCOc1ccc(-c2cc3c(ncn3C)c(C#N)n2)cc1C(F)(F)F)C1CC1. The van der Waals surface area contributed by atoms with E-state index in [1.807, 2.05) is 6.07 Å². The van der Waals surface area contributed by atoms with Crippen LogP contribution in [0.3, 0.4) is 0 Å². The smallest absolute Gasteiger partial charge is 0.419 e. The second kappa shape index (κ2) is 8.73. The lowest BCUT2D eigenvalue weighted by Crippen LogP contribution is -2.32. The molecule has 1 fully saturated rings. The zero-order valence-corrected chi connectivity index (χ0v) is 18.2. The van der Waals surface area contributed by atoms with Crippen LogP contribution in [0.2, 0.25) is 0 Å². The van der Waals surface area contributed by atoms with E-state index in [4.69, 9.17) is 4.74 Å². The normalized spacial score (nSPS) is 13.7. The number of nitrogens with zero attached hydrogens (tertiary/aromatic N) is 5. The quantitative estimate of drug-likeness (QED) is 0.494. The van der Waals surface area contributed by atoms with E-state index in [0.717, 1.165) is 18.9 Å². The van der Waals surface area contributed by atoms with E-state index < -0.39 is 11.7 Å². The number of aryl methyl sites for hydroxylation is 1. The molecule has 2 aromatic heterocycles. The number of imidazole rings is 1. The number of ether oxygens (including phenoxy) is 1. The summed E-state index contributed by atoms with van der Waals surface area (Å²) in [4.78, 5) is 21.8. The summed E-state index contributed by atoms with van der Waals surface area (Å²) in [5.74, 6) is -0.318. The molecule has 0 atom stereocenters. The molecule has 0 N–H and O–H groups in total. The molecule has 1 saturated carbocycles. The Bertz CT molecular complexity index is 1240. The molecule has 1 aliphatic carbocycles. The Morgan fingerprint density at radius 1 is 1.33 bits per heavy atom. The van der Waals surface area contributed by atoms with Crippen molar-refractivity contribution >= 4 is 16.9 Å². The van der Waals surface area contributed by atoms with Gasteiger partial charge in [-0.1, -0.05) is 0 Å². The van der Waals surface area contributed by atoms with Crippen LogP contribution in [0.4, 0.5) is 13.2 Å². The minimum Gasteiger partial charge on any atom is -0.493 e. The summed E-state index contributed by atoms with van der Waals surface area (Å²) in [7, 11) is 1.73. The number of carbonyl (C=O) groups excluding carboxylic acids is 1. The summed E-state index contributed by atoms with van der Waals surface area (Å²) < 4.78 is 48.5. The van der Waals surface area contributed by atoms with Crippen LogP contribution in [0.5, 0.6) is 5.75 Å². The van der Waals surface area contributed by atoms with Crippen molar-refractivity contribution in [1.29, 1.82) is 5.26 Å². The molecular formula is C23H22F3N5O2. The molecule has 0 spiro atoms. The van der Waals surface area contributed by atoms with Crippen molar-refractivity contribution < 1.29 is 22.7 Å². The Labute approximate surface area is 188 Å². The van der Waals surface area contributed by atoms with Crippen LogP contribution in [-0.2, 0) is 18.0 Å². The topological polar surface area (TPSA) is 84.0 Å². The van der Waals surface area contributed by atoms with Crippen molar-refractivity contribution in [3.05, 3.63) is 41.9 Å². The second-order valence-corrected chi connectivity index (χ2v) is 8.05. The van der Waals surface area contributed by atoms with E-state index in [9.17, 15) is 23.2 Å². The zero-order chi connectivity index (χ0) is 23.8. The fourth-order valence-corrected chi connectivity index (χ4v) is 3.79. The van der Waals surface area contributed by atoms with Crippen LogP contribution in [0.1, 0.15) is 37.4 Å². The summed E-state index contributed by atoms with van der Waals surface area (Å²) in [6.45, 7) is 2.00. The monoisotopic (exact) mass is 457 g/mol. The first kappa shape index (κ1) is 22.6. The van der Waals surface area contributed by atoms with Gasteiger partial charge in [-0.05, 0) is 43.5 Å². The first-order valence-electron chi connectivity index (χ1n) is 10.5. The molecule has 2 heterocycles. The molecule has 7 nitrogen and oxygen atoms in total. The molecule has 0 unspecified atom stereocenters. The molecule has 1 amide bonds. The number of hydrogen-bond donors (Lipinski definition) is 0. The van der Waals surface area contributed by atoms with Crippen molar-refractivity contribution in [3.8, 4) is 23.1 Å². The van der Waals surface area contributed by atoms with Crippen LogP contribution in [0.15, 0.2) is 30.6 Å². The van der Waals surface area contributed by atoms with Crippen molar-refractivity contribution in [2.45, 2.75) is 38.4 Å². The standard InChI is InChI=1S/C23H22F3N5O2/c1-14(32)31(16-5-6-16)8-3-9-33-21-7-4-15(10-17(21)23(24,25)26)18-11-20-22(19(12-27)29-18)28-13-30(20)2/h4,7,10-11,13,16H,3,5-6,8-9H2,1-2H3. The molecule has 0 saturated heterocycles. The van der Waals surface area contributed by atoms with Crippen molar-refractivity contribution in [2.24, 2.45) is 7.05 Å². The Morgan fingerprint density at radius 2 is 2.09 bits per heavy atom. The predicted octanol–water partition coefficient (Wildman–Crippen LogP) is 4.31. The van der Waals surface area contributed by atoms with Crippen LogP contribution in [0.25, 0.3) is 22.3 Å². The number of benzene rings is 1. The van der Waals surface area contributed by atoms with Crippen LogP contribution < -0.4 is 4.74 Å². The first-order chi connectivity index (χ1) is 15.7. The van der Waals surface area contributed by atoms with Crippen molar-refractivity contribution in [3.63, 3.8) is 0 Å². The van der Waals surface area contributed by atoms with Gasteiger partial charge in [-0.2, -0.15) is 18.4 Å². The zero-order valence-electron chi connectivity index (χ0n) is 18.2. The number of amides is 1. The van der Waals surface area contributed by atoms with Gasteiger partial charge in [0.05, 0.1) is 29.7 Å². The van der Waals surface area contributed by atoms with E-state index in [2.05, 4.69) is 9.97 Å². The largest absolute Gasteiger partial charge is 0.493 e. The molecule has 1 aliphatic rings. The number of rotatable bonds is 7. The average Bonchev–Trinajstić information content (AvgIpc) is 3.54. The Morgan fingerprint density at radius 3 is 2.73 bits per heavy atom. The summed E-state index contributed by atoms with van der Waals surface area (Å²) >= 11 is 0. The van der Waals surface area contributed by atoms with Gasteiger partial charge in [0.2, 0.25) is 5.91 Å². The molecule has 0 radical (unpaired) electrons. The minimum absolute atomic E-state index is 0.0348. The maximum Gasteiger partial charge on any atom is 0.419 e. The van der Waals surface area contributed by atoms with E-state index in [1.165, 1.54) is 25.4 Å². The van der Waals surface area contributed by atoms with Crippen LogP contribution >= 0.6 is 0 Å².